The number of carbonyl (C=O) groups is 2. The molecule has 1 aliphatic carbocycles. The van der Waals surface area contributed by atoms with Crippen LogP contribution in [0.4, 0.5) is 0 Å². The Morgan fingerprint density at radius 3 is 2.63 bits per heavy atom. The van der Waals surface area contributed by atoms with Gasteiger partial charge >= 0.3 is 5.97 Å². The fourth-order valence-corrected chi connectivity index (χ4v) is 6.62. The fraction of sp³-hybridized carbons (Fsp3) is 0.387. The van der Waals surface area contributed by atoms with Crippen molar-refractivity contribution >= 4 is 35.1 Å². The van der Waals surface area contributed by atoms with Crippen LogP contribution in [0.5, 0.6) is 0 Å². The highest BCUT2D eigenvalue weighted by molar-refractivity contribution is 6.35. The van der Waals surface area contributed by atoms with E-state index in [4.69, 9.17) is 32.8 Å². The van der Waals surface area contributed by atoms with Crippen molar-refractivity contribution in [1.29, 1.82) is 0 Å². The summed E-state index contributed by atoms with van der Waals surface area (Å²) in [5, 5.41) is 12.5. The summed E-state index contributed by atoms with van der Waals surface area (Å²) in [6.07, 6.45) is 3.35. The van der Waals surface area contributed by atoms with Gasteiger partial charge in [-0.3, -0.25) is 19.4 Å². The zero-order valence-electron chi connectivity index (χ0n) is 22.7. The van der Waals surface area contributed by atoms with Gasteiger partial charge in [0.2, 0.25) is 0 Å². The lowest BCUT2D eigenvalue weighted by molar-refractivity contribution is -0.152. The highest BCUT2D eigenvalue weighted by atomic mass is 35.5. The van der Waals surface area contributed by atoms with Crippen molar-refractivity contribution in [3.8, 4) is 0 Å². The summed E-state index contributed by atoms with van der Waals surface area (Å²) in [5.41, 5.74) is 5.18. The van der Waals surface area contributed by atoms with Crippen molar-refractivity contribution in [2.45, 2.75) is 63.4 Å². The van der Waals surface area contributed by atoms with Crippen LogP contribution in [0, 0.1) is 5.92 Å². The van der Waals surface area contributed by atoms with Crippen LogP contribution in [0.25, 0.3) is 0 Å². The number of benzene rings is 2. The first-order valence-electron chi connectivity index (χ1n) is 13.9. The fourth-order valence-electron chi connectivity index (χ4n) is 6.10. The molecule has 1 fully saturated rings. The number of carbonyl (C=O) groups excluding carboxylic acids is 2. The first-order valence-corrected chi connectivity index (χ1v) is 14.6. The molecule has 5 atom stereocenters. The van der Waals surface area contributed by atoms with Gasteiger partial charge in [0, 0.05) is 27.8 Å². The van der Waals surface area contributed by atoms with Crippen molar-refractivity contribution in [3.05, 3.63) is 99.3 Å². The number of aliphatic hydroxyl groups excluding tert-OH is 1. The second-order valence-corrected chi connectivity index (χ2v) is 11.2. The predicted octanol–water partition coefficient (Wildman–Crippen LogP) is 5.83. The quantitative estimate of drug-likeness (QED) is 0.182. The molecule has 5 unspecified atom stereocenters. The normalized spacial score (nSPS) is 23.1. The number of esters is 1. The molecule has 41 heavy (non-hydrogen) atoms. The molecule has 8 nitrogen and oxygen atoms in total. The Kier molecular flexibility index (Phi) is 9.57. The third-order valence-corrected chi connectivity index (χ3v) is 8.43. The van der Waals surface area contributed by atoms with E-state index < -0.39 is 30.1 Å². The topological polar surface area (TPSA) is 101 Å². The van der Waals surface area contributed by atoms with E-state index in [0.29, 0.717) is 45.3 Å². The molecule has 1 saturated carbocycles. The Bertz CT molecular complexity index is 1370. The van der Waals surface area contributed by atoms with Gasteiger partial charge in [0.25, 0.3) is 5.91 Å². The Hall–Kier alpha value is -3.01. The van der Waals surface area contributed by atoms with E-state index in [-0.39, 0.29) is 25.1 Å². The number of hydrogen-bond acceptors (Lipinski definition) is 7. The Labute approximate surface area is 249 Å². The highest BCUT2D eigenvalue weighted by Crippen LogP contribution is 2.49. The van der Waals surface area contributed by atoms with Crippen LogP contribution in [0.1, 0.15) is 71.7 Å². The van der Waals surface area contributed by atoms with Crippen LogP contribution in [-0.4, -0.2) is 45.7 Å². The molecule has 0 radical (unpaired) electrons. The van der Waals surface area contributed by atoms with Gasteiger partial charge in [-0.05, 0) is 61.2 Å². The summed E-state index contributed by atoms with van der Waals surface area (Å²) in [7, 11) is 0. The number of aliphatic hydroxyl groups is 1. The minimum Gasteiger partial charge on any atom is -0.466 e. The Balaban J connectivity index is 1.59. The van der Waals surface area contributed by atoms with E-state index in [9.17, 15) is 14.7 Å². The lowest BCUT2D eigenvalue weighted by Gasteiger charge is -2.50. The van der Waals surface area contributed by atoms with Crippen molar-refractivity contribution in [3.63, 3.8) is 0 Å². The van der Waals surface area contributed by atoms with E-state index in [1.807, 2.05) is 30.3 Å². The maximum absolute atomic E-state index is 14.3. The smallest absolute Gasteiger partial charge is 0.311 e. The number of hydroxylamine groups is 1. The highest BCUT2D eigenvalue weighted by Gasteiger charge is 2.50. The first kappa shape index (κ1) is 29.5. The molecule has 1 aromatic heterocycles. The SMILES string of the molecule is CCOC(=O)C1CCCCC1N1C(=O)c2ccccc2C(C(O)NOCc2ccccn2)C1c1ccc(Cl)cc1Cl. The second-order valence-electron chi connectivity index (χ2n) is 10.3. The molecule has 2 aliphatic rings. The van der Waals surface area contributed by atoms with E-state index in [1.165, 1.54) is 0 Å². The molecular formula is C31H33Cl2N3O5. The van der Waals surface area contributed by atoms with E-state index in [0.717, 1.165) is 12.8 Å². The molecule has 2 heterocycles. The second kappa shape index (κ2) is 13.3. The molecule has 0 saturated heterocycles. The number of amides is 1. The third kappa shape index (κ3) is 6.27. The summed E-state index contributed by atoms with van der Waals surface area (Å²) in [6, 6.07) is 16.6. The number of rotatable bonds is 9. The molecular weight excluding hydrogens is 565 g/mol. The number of pyridine rings is 1. The number of nitrogens with zero attached hydrogens (tertiary/aromatic N) is 2. The molecule has 0 bridgehead atoms. The van der Waals surface area contributed by atoms with E-state index in [1.54, 1.807) is 48.4 Å². The minimum atomic E-state index is -1.25. The van der Waals surface area contributed by atoms with Crippen molar-refractivity contribution in [2.24, 2.45) is 5.92 Å². The van der Waals surface area contributed by atoms with E-state index >= 15 is 0 Å². The minimum absolute atomic E-state index is 0.120. The number of nitrogens with one attached hydrogen (secondary N) is 1. The number of aromatic nitrogens is 1. The zero-order chi connectivity index (χ0) is 28.9. The standard InChI is InChI=1S/C31H33Cl2N3O5/c1-2-40-31(39)24-12-5-6-13-26(24)36-28(23-15-14-19(32)17-25(23)33)27(21-10-3-4-11-22(21)30(36)38)29(37)35-41-18-20-9-7-8-16-34-20/h3-4,7-11,14-17,24,26-29,35,37H,2,5-6,12-13,18H2,1H3. The van der Waals surface area contributed by atoms with Crippen LogP contribution in [-0.2, 0) is 21.0 Å². The van der Waals surface area contributed by atoms with Gasteiger partial charge in [-0.2, -0.15) is 5.48 Å². The predicted molar refractivity (Wildman–Crippen MR) is 155 cm³/mol. The largest absolute Gasteiger partial charge is 0.466 e. The molecule has 216 valence electrons. The summed E-state index contributed by atoms with van der Waals surface area (Å²) >= 11 is 13.1. The summed E-state index contributed by atoms with van der Waals surface area (Å²) < 4.78 is 5.45. The molecule has 2 N–H and O–H groups in total. The van der Waals surface area contributed by atoms with Crippen LogP contribution in [0.3, 0.4) is 0 Å². The summed E-state index contributed by atoms with van der Waals surface area (Å²) in [6.45, 7) is 2.15. The van der Waals surface area contributed by atoms with Gasteiger partial charge in [0.1, 0.15) is 12.8 Å². The maximum atomic E-state index is 14.3. The van der Waals surface area contributed by atoms with Gasteiger partial charge in [0.05, 0.1) is 30.2 Å². The van der Waals surface area contributed by atoms with Gasteiger partial charge in [-0.25, -0.2) is 0 Å². The molecule has 3 aromatic rings. The zero-order valence-corrected chi connectivity index (χ0v) is 24.2. The Morgan fingerprint density at radius 1 is 1.10 bits per heavy atom. The van der Waals surface area contributed by atoms with Crippen molar-refractivity contribution < 1.29 is 24.3 Å². The lowest BCUT2D eigenvalue weighted by Crippen LogP contribution is -2.56. The maximum Gasteiger partial charge on any atom is 0.311 e. The van der Waals surface area contributed by atoms with Crippen LogP contribution in [0.15, 0.2) is 66.9 Å². The van der Waals surface area contributed by atoms with Crippen LogP contribution in [0.2, 0.25) is 10.0 Å². The molecule has 1 aliphatic heterocycles. The van der Waals surface area contributed by atoms with Gasteiger partial charge in [-0.15, -0.1) is 0 Å². The molecule has 0 spiro atoms. The monoisotopic (exact) mass is 597 g/mol. The number of ether oxygens (including phenoxy) is 1. The Morgan fingerprint density at radius 2 is 1.88 bits per heavy atom. The van der Waals surface area contributed by atoms with Gasteiger partial charge < -0.3 is 14.7 Å². The van der Waals surface area contributed by atoms with Crippen LogP contribution < -0.4 is 5.48 Å². The lowest BCUT2D eigenvalue weighted by atomic mass is 9.75. The average molecular weight is 599 g/mol. The average Bonchev–Trinajstić information content (AvgIpc) is 2.98. The van der Waals surface area contributed by atoms with Crippen molar-refractivity contribution in [2.75, 3.05) is 6.61 Å². The van der Waals surface area contributed by atoms with E-state index in [2.05, 4.69) is 10.5 Å². The molecule has 2 aromatic carbocycles. The van der Waals surface area contributed by atoms with Gasteiger partial charge in [-0.1, -0.05) is 66.4 Å². The number of hydrogen-bond donors (Lipinski definition) is 2. The van der Waals surface area contributed by atoms with Crippen molar-refractivity contribution in [1.82, 2.24) is 15.4 Å². The molecule has 5 rings (SSSR count). The third-order valence-electron chi connectivity index (χ3n) is 7.87. The number of fused-ring (bicyclic) bond motifs is 1. The summed E-state index contributed by atoms with van der Waals surface area (Å²) in [4.78, 5) is 39.2. The first-order chi connectivity index (χ1) is 19.9. The summed E-state index contributed by atoms with van der Waals surface area (Å²) in [5.74, 6) is -1.75. The molecule has 10 heteroatoms. The van der Waals surface area contributed by atoms with Crippen LogP contribution >= 0.6 is 23.2 Å². The molecule has 1 amide bonds. The van der Waals surface area contributed by atoms with Gasteiger partial charge in [0.15, 0.2) is 0 Å². The number of halogens is 2.